The highest BCUT2D eigenvalue weighted by atomic mass is 16.3. The molecule has 0 atom stereocenters. The number of hydrogen-bond acceptors (Lipinski definition) is 3. The van der Waals surface area contributed by atoms with Crippen molar-refractivity contribution < 1.29 is 5.11 Å². The average Bonchev–Trinajstić information content (AvgIpc) is 2.85. The van der Waals surface area contributed by atoms with Crippen LogP contribution in [0.3, 0.4) is 0 Å². The quantitative estimate of drug-likeness (QED) is 0.459. The number of allylic oxidation sites excluding steroid dienone is 2. The Balaban J connectivity index is 1.98. The van der Waals surface area contributed by atoms with Gasteiger partial charge in [0.05, 0.1) is 19.0 Å². The maximum absolute atomic E-state index is 8.97. The molecule has 110 valence electrons. The first-order chi connectivity index (χ1) is 9.38. The van der Waals surface area contributed by atoms with Crippen LogP contribution >= 0.6 is 0 Å². The second kappa shape index (κ2) is 11.0. The highest BCUT2D eigenvalue weighted by molar-refractivity contribution is 5.83. The fourth-order valence-electron chi connectivity index (χ4n) is 2.42. The fourth-order valence-corrected chi connectivity index (χ4v) is 2.42. The van der Waals surface area contributed by atoms with Gasteiger partial charge in [-0.05, 0) is 32.1 Å². The van der Waals surface area contributed by atoms with Crippen LogP contribution in [0, 0.1) is 0 Å². The number of rotatable bonds is 11. The number of amidine groups is 1. The molecule has 0 fully saturated rings. The lowest BCUT2D eigenvalue weighted by Crippen LogP contribution is -2.30. The SMILES string of the molecule is CCCCC/C=C/CCCCC1=NCCN1CCO. The van der Waals surface area contributed by atoms with Gasteiger partial charge in [-0.2, -0.15) is 0 Å². The van der Waals surface area contributed by atoms with Gasteiger partial charge < -0.3 is 10.0 Å². The van der Waals surface area contributed by atoms with E-state index >= 15 is 0 Å². The summed E-state index contributed by atoms with van der Waals surface area (Å²) in [6.07, 6.45) is 14.6. The van der Waals surface area contributed by atoms with Gasteiger partial charge in [0.25, 0.3) is 0 Å². The van der Waals surface area contributed by atoms with Crippen LogP contribution in [0.4, 0.5) is 0 Å². The Morgan fingerprint density at radius 1 is 1.16 bits per heavy atom. The smallest absolute Gasteiger partial charge is 0.0991 e. The summed E-state index contributed by atoms with van der Waals surface area (Å²) >= 11 is 0. The summed E-state index contributed by atoms with van der Waals surface area (Å²) in [7, 11) is 0. The highest BCUT2D eigenvalue weighted by Crippen LogP contribution is 2.10. The molecule has 0 aliphatic carbocycles. The van der Waals surface area contributed by atoms with Crippen molar-refractivity contribution in [2.75, 3.05) is 26.2 Å². The molecule has 1 N–H and O–H groups in total. The van der Waals surface area contributed by atoms with Crippen molar-refractivity contribution in [1.82, 2.24) is 4.90 Å². The van der Waals surface area contributed by atoms with Gasteiger partial charge in [0.15, 0.2) is 0 Å². The summed E-state index contributed by atoms with van der Waals surface area (Å²) in [6, 6.07) is 0. The molecule has 0 saturated carbocycles. The summed E-state index contributed by atoms with van der Waals surface area (Å²) in [5.74, 6) is 1.21. The Hall–Kier alpha value is -0.830. The Morgan fingerprint density at radius 3 is 2.58 bits per heavy atom. The van der Waals surface area contributed by atoms with E-state index in [2.05, 4.69) is 29.0 Å². The van der Waals surface area contributed by atoms with E-state index < -0.39 is 0 Å². The molecule has 3 heteroatoms. The predicted octanol–water partition coefficient (Wildman–Crippen LogP) is 3.39. The van der Waals surface area contributed by atoms with Gasteiger partial charge in [0, 0.05) is 19.5 Å². The molecule has 0 aromatic carbocycles. The van der Waals surface area contributed by atoms with Crippen LogP contribution in [0.2, 0.25) is 0 Å². The van der Waals surface area contributed by atoms with Crippen LogP contribution in [0.5, 0.6) is 0 Å². The monoisotopic (exact) mass is 266 g/mol. The number of β-amino-alcohol motifs (C(OH)–C–C–N with tert-alkyl or cyclic N) is 1. The largest absolute Gasteiger partial charge is 0.395 e. The van der Waals surface area contributed by atoms with Crippen molar-refractivity contribution in [3.05, 3.63) is 12.2 Å². The third kappa shape index (κ3) is 7.36. The van der Waals surface area contributed by atoms with Crippen LogP contribution in [-0.4, -0.2) is 42.1 Å². The van der Waals surface area contributed by atoms with E-state index in [1.54, 1.807) is 0 Å². The molecule has 0 unspecified atom stereocenters. The maximum atomic E-state index is 8.97. The first-order valence-corrected chi connectivity index (χ1v) is 7.92. The molecule has 1 aliphatic heterocycles. The number of nitrogens with zero attached hydrogens (tertiary/aromatic N) is 2. The van der Waals surface area contributed by atoms with Crippen molar-refractivity contribution in [2.45, 2.75) is 58.3 Å². The average molecular weight is 266 g/mol. The van der Waals surface area contributed by atoms with Gasteiger partial charge >= 0.3 is 0 Å². The summed E-state index contributed by atoms with van der Waals surface area (Å²) in [5.41, 5.74) is 0. The van der Waals surface area contributed by atoms with Gasteiger partial charge in [0.2, 0.25) is 0 Å². The van der Waals surface area contributed by atoms with Gasteiger partial charge in [-0.3, -0.25) is 4.99 Å². The Kier molecular flexibility index (Phi) is 9.42. The lowest BCUT2D eigenvalue weighted by atomic mass is 10.1. The van der Waals surface area contributed by atoms with Crippen molar-refractivity contribution in [1.29, 1.82) is 0 Å². The number of aliphatic hydroxyl groups is 1. The third-order valence-corrected chi connectivity index (χ3v) is 3.56. The predicted molar refractivity (Wildman–Crippen MR) is 82.7 cm³/mol. The van der Waals surface area contributed by atoms with Crippen LogP contribution in [-0.2, 0) is 0 Å². The van der Waals surface area contributed by atoms with Crippen molar-refractivity contribution >= 4 is 5.84 Å². The molecule has 1 rings (SSSR count). The van der Waals surface area contributed by atoms with Gasteiger partial charge in [-0.25, -0.2) is 0 Å². The van der Waals surface area contributed by atoms with E-state index in [1.807, 2.05) is 0 Å². The highest BCUT2D eigenvalue weighted by Gasteiger charge is 2.14. The van der Waals surface area contributed by atoms with Crippen LogP contribution in [0.15, 0.2) is 17.1 Å². The second-order valence-corrected chi connectivity index (χ2v) is 5.22. The topological polar surface area (TPSA) is 35.8 Å². The van der Waals surface area contributed by atoms with Gasteiger partial charge in [-0.15, -0.1) is 0 Å². The fraction of sp³-hybridized carbons (Fsp3) is 0.812. The van der Waals surface area contributed by atoms with E-state index in [-0.39, 0.29) is 6.61 Å². The zero-order valence-electron chi connectivity index (χ0n) is 12.5. The molecule has 0 radical (unpaired) electrons. The van der Waals surface area contributed by atoms with E-state index in [9.17, 15) is 0 Å². The standard InChI is InChI=1S/C16H30N2O/c1-2-3-4-5-6-7-8-9-10-11-16-17-12-13-18(16)14-15-19/h6-7,19H,2-5,8-15H2,1H3/b7-6+. The lowest BCUT2D eigenvalue weighted by molar-refractivity contribution is 0.255. The summed E-state index contributed by atoms with van der Waals surface area (Å²) in [6.45, 7) is 5.13. The van der Waals surface area contributed by atoms with Crippen LogP contribution < -0.4 is 0 Å². The normalized spacial score (nSPS) is 15.5. The summed E-state index contributed by atoms with van der Waals surface area (Å²) in [4.78, 5) is 6.74. The molecular weight excluding hydrogens is 236 g/mol. The lowest BCUT2D eigenvalue weighted by Gasteiger charge is -2.18. The minimum Gasteiger partial charge on any atom is -0.395 e. The Bertz CT molecular complexity index is 274. The van der Waals surface area contributed by atoms with Crippen molar-refractivity contribution in [3.63, 3.8) is 0 Å². The molecule has 3 nitrogen and oxygen atoms in total. The molecule has 0 spiro atoms. The van der Waals surface area contributed by atoms with E-state index in [0.29, 0.717) is 0 Å². The molecule has 19 heavy (non-hydrogen) atoms. The van der Waals surface area contributed by atoms with Crippen LogP contribution in [0.25, 0.3) is 0 Å². The van der Waals surface area contributed by atoms with Gasteiger partial charge in [0.1, 0.15) is 0 Å². The maximum Gasteiger partial charge on any atom is 0.0991 e. The minimum absolute atomic E-state index is 0.236. The third-order valence-electron chi connectivity index (χ3n) is 3.56. The zero-order valence-corrected chi connectivity index (χ0v) is 12.5. The van der Waals surface area contributed by atoms with E-state index in [4.69, 9.17) is 5.11 Å². The number of hydrogen-bond donors (Lipinski definition) is 1. The number of unbranched alkanes of at least 4 members (excludes halogenated alkanes) is 5. The molecule has 0 saturated heterocycles. The van der Waals surface area contributed by atoms with Crippen LogP contribution in [0.1, 0.15) is 58.3 Å². The van der Waals surface area contributed by atoms with E-state index in [0.717, 1.165) is 26.1 Å². The molecular formula is C16H30N2O. The Labute approximate surface area is 118 Å². The van der Waals surface area contributed by atoms with Crippen molar-refractivity contribution in [3.8, 4) is 0 Å². The molecule has 1 aliphatic rings. The first kappa shape index (κ1) is 16.2. The Morgan fingerprint density at radius 2 is 1.89 bits per heavy atom. The van der Waals surface area contributed by atoms with Crippen molar-refractivity contribution in [2.24, 2.45) is 4.99 Å². The summed E-state index contributed by atoms with van der Waals surface area (Å²) in [5, 5.41) is 8.97. The molecule has 0 aromatic rings. The number of aliphatic imine (C=N–C) groups is 1. The summed E-state index contributed by atoms with van der Waals surface area (Å²) < 4.78 is 0. The first-order valence-electron chi connectivity index (χ1n) is 7.92. The molecule has 0 bridgehead atoms. The zero-order chi connectivity index (χ0) is 13.8. The molecule has 0 amide bonds. The van der Waals surface area contributed by atoms with Gasteiger partial charge in [-0.1, -0.05) is 31.9 Å². The molecule has 1 heterocycles. The van der Waals surface area contributed by atoms with E-state index in [1.165, 1.54) is 50.8 Å². The number of aliphatic hydroxyl groups excluding tert-OH is 1. The second-order valence-electron chi connectivity index (χ2n) is 5.22. The molecule has 0 aromatic heterocycles. The minimum atomic E-state index is 0.236.